The summed E-state index contributed by atoms with van der Waals surface area (Å²) in [7, 11) is 0. The van der Waals surface area contributed by atoms with Crippen LogP contribution in [-0.2, 0) is 12.7 Å². The van der Waals surface area contributed by atoms with Crippen LogP contribution in [0, 0.1) is 6.92 Å². The molecule has 0 aliphatic carbocycles. The summed E-state index contributed by atoms with van der Waals surface area (Å²) < 4.78 is 41.7. The number of rotatable bonds is 5. The Kier molecular flexibility index (Phi) is 6.99. The number of nitrogens with zero attached hydrogens (tertiary/aromatic N) is 2. The zero-order chi connectivity index (χ0) is 23.4. The first kappa shape index (κ1) is 23.2. The fraction of sp³-hybridized carbons (Fsp3) is 0.321. The molecule has 172 valence electrons. The van der Waals surface area contributed by atoms with Gasteiger partial charge in [-0.25, -0.2) is 0 Å². The molecule has 0 saturated carbocycles. The van der Waals surface area contributed by atoms with Crippen molar-refractivity contribution in [1.82, 2.24) is 9.88 Å². The Morgan fingerprint density at radius 2 is 1.82 bits per heavy atom. The van der Waals surface area contributed by atoms with Crippen molar-refractivity contribution >= 4 is 12.2 Å². The maximum Gasteiger partial charge on any atom is 0.416 e. The third kappa shape index (κ3) is 5.53. The Labute approximate surface area is 193 Å². The van der Waals surface area contributed by atoms with Crippen molar-refractivity contribution in [2.75, 3.05) is 6.54 Å². The molecule has 0 bridgehead atoms. The maximum absolute atomic E-state index is 13.9. The highest BCUT2D eigenvalue weighted by Gasteiger charge is 2.33. The molecule has 33 heavy (non-hydrogen) atoms. The van der Waals surface area contributed by atoms with Gasteiger partial charge in [-0.2, -0.15) is 13.2 Å². The van der Waals surface area contributed by atoms with Gasteiger partial charge >= 0.3 is 6.18 Å². The normalized spacial score (nSPS) is 17.5. The van der Waals surface area contributed by atoms with E-state index in [0.717, 1.165) is 36.1 Å². The van der Waals surface area contributed by atoms with Crippen LogP contribution < -0.4 is 0 Å². The van der Waals surface area contributed by atoms with Gasteiger partial charge in [0.25, 0.3) is 0 Å². The van der Waals surface area contributed by atoms with Crippen LogP contribution >= 0.6 is 0 Å². The van der Waals surface area contributed by atoms with Gasteiger partial charge in [-0.05, 0) is 79.3 Å². The second kappa shape index (κ2) is 9.92. The van der Waals surface area contributed by atoms with Crippen LogP contribution in [-0.4, -0.2) is 22.5 Å². The molecule has 2 aromatic carbocycles. The number of pyridine rings is 1. The van der Waals surface area contributed by atoms with Gasteiger partial charge in [0.15, 0.2) is 0 Å². The molecule has 1 saturated heterocycles. The topological polar surface area (TPSA) is 16.1 Å². The van der Waals surface area contributed by atoms with Crippen molar-refractivity contribution in [3.05, 3.63) is 88.7 Å². The van der Waals surface area contributed by atoms with Gasteiger partial charge in [-0.3, -0.25) is 9.88 Å². The SMILES string of the molecule is Cc1c(-c2ccccc2)ccnc1/C=C/c1ccc(CN2CCCC[C@H]2C)cc1C(F)(F)F. The Balaban J connectivity index is 1.63. The number of halogens is 3. The van der Waals surface area contributed by atoms with Crippen molar-refractivity contribution in [3.8, 4) is 11.1 Å². The lowest BCUT2D eigenvalue weighted by Gasteiger charge is -2.33. The lowest BCUT2D eigenvalue weighted by atomic mass is 9.98. The first-order chi connectivity index (χ1) is 15.8. The molecule has 0 radical (unpaired) electrons. The van der Waals surface area contributed by atoms with E-state index in [0.29, 0.717) is 23.8 Å². The number of likely N-dealkylation sites (tertiary alicyclic amines) is 1. The molecular weight excluding hydrogens is 421 g/mol. The number of alkyl halides is 3. The van der Waals surface area contributed by atoms with Gasteiger partial charge in [0.2, 0.25) is 0 Å². The molecule has 3 aromatic rings. The van der Waals surface area contributed by atoms with Crippen LogP contribution in [0.15, 0.2) is 60.8 Å². The highest BCUT2D eigenvalue weighted by atomic mass is 19.4. The van der Waals surface area contributed by atoms with Gasteiger partial charge in [-0.1, -0.05) is 55.0 Å². The van der Waals surface area contributed by atoms with Gasteiger partial charge in [0, 0.05) is 18.8 Å². The van der Waals surface area contributed by atoms with E-state index in [1.165, 1.54) is 18.6 Å². The Bertz CT molecular complexity index is 1120. The molecule has 0 amide bonds. The average Bonchev–Trinajstić information content (AvgIpc) is 2.80. The first-order valence-corrected chi connectivity index (χ1v) is 11.5. The van der Waals surface area contributed by atoms with Crippen LogP contribution in [0.25, 0.3) is 23.3 Å². The fourth-order valence-electron chi connectivity index (χ4n) is 4.54. The molecule has 0 N–H and O–H groups in total. The van der Waals surface area contributed by atoms with Gasteiger partial charge < -0.3 is 0 Å². The van der Waals surface area contributed by atoms with E-state index >= 15 is 0 Å². The third-order valence-corrected chi connectivity index (χ3v) is 6.50. The average molecular weight is 451 g/mol. The van der Waals surface area contributed by atoms with Gasteiger partial charge in [0.1, 0.15) is 0 Å². The van der Waals surface area contributed by atoms with Crippen molar-refractivity contribution < 1.29 is 13.2 Å². The molecule has 1 atom stereocenters. The summed E-state index contributed by atoms with van der Waals surface area (Å²) in [5.41, 5.74) is 3.93. The molecule has 1 fully saturated rings. The monoisotopic (exact) mass is 450 g/mol. The molecule has 5 heteroatoms. The number of aromatic nitrogens is 1. The van der Waals surface area contributed by atoms with Crippen molar-refractivity contribution in [2.24, 2.45) is 0 Å². The highest BCUT2D eigenvalue weighted by Crippen LogP contribution is 2.34. The molecular formula is C28H29F3N2. The van der Waals surface area contributed by atoms with E-state index in [4.69, 9.17) is 0 Å². The lowest BCUT2D eigenvalue weighted by molar-refractivity contribution is -0.137. The summed E-state index contributed by atoms with van der Waals surface area (Å²) in [5.74, 6) is 0. The van der Waals surface area contributed by atoms with Gasteiger partial charge in [-0.15, -0.1) is 0 Å². The Hall–Kier alpha value is -2.92. The maximum atomic E-state index is 13.9. The lowest BCUT2D eigenvalue weighted by Crippen LogP contribution is -2.36. The summed E-state index contributed by atoms with van der Waals surface area (Å²) >= 11 is 0. The van der Waals surface area contributed by atoms with Crippen LogP contribution in [0.4, 0.5) is 13.2 Å². The van der Waals surface area contributed by atoms with E-state index in [-0.39, 0.29) is 5.56 Å². The van der Waals surface area contributed by atoms with E-state index in [9.17, 15) is 13.2 Å². The zero-order valence-electron chi connectivity index (χ0n) is 19.1. The largest absolute Gasteiger partial charge is 0.416 e. The quantitative estimate of drug-likeness (QED) is 0.397. The van der Waals surface area contributed by atoms with Crippen LogP contribution in [0.3, 0.4) is 0 Å². The molecule has 0 unspecified atom stereocenters. The smallest absolute Gasteiger partial charge is 0.296 e. The second-order valence-corrected chi connectivity index (χ2v) is 8.80. The zero-order valence-corrected chi connectivity index (χ0v) is 19.1. The Morgan fingerprint density at radius 3 is 2.55 bits per heavy atom. The molecule has 0 spiro atoms. The minimum Gasteiger partial charge on any atom is -0.296 e. The molecule has 2 heterocycles. The van der Waals surface area contributed by atoms with E-state index in [2.05, 4.69) is 16.8 Å². The fourth-order valence-corrected chi connectivity index (χ4v) is 4.54. The predicted molar refractivity (Wildman–Crippen MR) is 129 cm³/mol. The van der Waals surface area contributed by atoms with E-state index < -0.39 is 11.7 Å². The molecule has 2 nitrogen and oxygen atoms in total. The number of piperidine rings is 1. The van der Waals surface area contributed by atoms with Crippen molar-refractivity contribution in [1.29, 1.82) is 0 Å². The summed E-state index contributed by atoms with van der Waals surface area (Å²) in [6.45, 7) is 5.59. The Morgan fingerprint density at radius 1 is 1.03 bits per heavy atom. The summed E-state index contributed by atoms with van der Waals surface area (Å²) in [5, 5.41) is 0. The first-order valence-electron chi connectivity index (χ1n) is 11.5. The minimum absolute atomic E-state index is 0.157. The molecule has 1 aromatic heterocycles. The summed E-state index contributed by atoms with van der Waals surface area (Å²) in [6, 6.07) is 16.9. The van der Waals surface area contributed by atoms with E-state index in [1.807, 2.05) is 49.4 Å². The van der Waals surface area contributed by atoms with Crippen LogP contribution in [0.5, 0.6) is 0 Å². The summed E-state index contributed by atoms with van der Waals surface area (Å²) in [4.78, 5) is 6.67. The van der Waals surface area contributed by atoms with E-state index in [1.54, 1.807) is 18.3 Å². The van der Waals surface area contributed by atoms with Crippen LogP contribution in [0.1, 0.15) is 54.1 Å². The number of benzene rings is 2. The minimum atomic E-state index is -4.42. The molecule has 1 aliphatic heterocycles. The predicted octanol–water partition coefficient (Wildman–Crippen LogP) is 7.62. The number of hydrogen-bond donors (Lipinski definition) is 0. The van der Waals surface area contributed by atoms with Crippen molar-refractivity contribution in [3.63, 3.8) is 0 Å². The molecule has 4 rings (SSSR count). The standard InChI is InChI=1S/C28H29F3N2/c1-20-8-6-7-17-33(20)19-22-11-12-24(26(18-22)28(29,30)31)13-14-27-21(2)25(15-16-32-27)23-9-4-3-5-10-23/h3-5,9-16,18,20H,6-8,17,19H2,1-2H3/b14-13+/t20-/m1/s1. The van der Waals surface area contributed by atoms with Crippen LogP contribution in [0.2, 0.25) is 0 Å². The third-order valence-electron chi connectivity index (χ3n) is 6.50. The van der Waals surface area contributed by atoms with Gasteiger partial charge in [0.05, 0.1) is 11.3 Å². The van der Waals surface area contributed by atoms with Crippen molar-refractivity contribution in [2.45, 2.75) is 51.9 Å². The molecule has 1 aliphatic rings. The number of hydrogen-bond acceptors (Lipinski definition) is 2. The highest BCUT2D eigenvalue weighted by molar-refractivity contribution is 5.76. The summed E-state index contributed by atoms with van der Waals surface area (Å²) in [6.07, 6.45) is 3.88. The second-order valence-electron chi connectivity index (χ2n) is 8.80.